The van der Waals surface area contributed by atoms with Crippen molar-refractivity contribution in [3.05, 3.63) is 101 Å². The molecule has 0 aliphatic carbocycles. The minimum Gasteiger partial charge on any atom is -0.350 e. The van der Waals surface area contributed by atoms with Crippen LogP contribution in [0, 0.1) is 12.7 Å². The third-order valence-electron chi connectivity index (χ3n) is 5.52. The quantitative estimate of drug-likeness (QED) is 0.511. The fourth-order valence-corrected chi connectivity index (χ4v) is 3.76. The molecule has 1 heterocycles. The molecule has 0 unspecified atom stereocenters. The van der Waals surface area contributed by atoms with Crippen LogP contribution in [0.1, 0.15) is 23.6 Å². The SMILES string of the molecule is CC(=O)Nc1ccc(NC2=C(c3ccc(C)cc3)C(=O)N(CCc3ccc(F)cc3)C2=O)cc1. The van der Waals surface area contributed by atoms with Crippen molar-refractivity contribution in [3.63, 3.8) is 0 Å². The first-order valence-corrected chi connectivity index (χ1v) is 10.9. The molecule has 0 saturated carbocycles. The van der Waals surface area contributed by atoms with E-state index in [1.54, 1.807) is 36.4 Å². The molecule has 1 aliphatic rings. The largest absolute Gasteiger partial charge is 0.350 e. The highest BCUT2D eigenvalue weighted by Crippen LogP contribution is 2.31. The van der Waals surface area contributed by atoms with Crippen molar-refractivity contribution >= 4 is 34.7 Å². The first kappa shape index (κ1) is 22.9. The van der Waals surface area contributed by atoms with E-state index < -0.39 is 5.91 Å². The Kier molecular flexibility index (Phi) is 6.54. The van der Waals surface area contributed by atoms with Crippen LogP contribution in [0.25, 0.3) is 5.57 Å². The highest BCUT2D eigenvalue weighted by atomic mass is 19.1. The van der Waals surface area contributed by atoms with Gasteiger partial charge in [0.05, 0.1) is 5.57 Å². The van der Waals surface area contributed by atoms with Crippen LogP contribution in [0.5, 0.6) is 0 Å². The second-order valence-corrected chi connectivity index (χ2v) is 8.14. The zero-order chi connectivity index (χ0) is 24.2. The first-order chi connectivity index (χ1) is 16.3. The van der Waals surface area contributed by atoms with Gasteiger partial charge in [0, 0.05) is 24.8 Å². The Labute approximate surface area is 197 Å². The number of aryl methyl sites for hydroxylation is 1. The lowest BCUT2D eigenvalue weighted by Gasteiger charge is -2.15. The van der Waals surface area contributed by atoms with Crippen LogP contribution in [-0.4, -0.2) is 29.2 Å². The molecule has 34 heavy (non-hydrogen) atoms. The number of carbonyl (C=O) groups is 3. The molecule has 7 heteroatoms. The van der Waals surface area contributed by atoms with E-state index in [-0.39, 0.29) is 29.9 Å². The Morgan fingerprint density at radius 2 is 1.47 bits per heavy atom. The maximum atomic E-state index is 13.4. The van der Waals surface area contributed by atoms with E-state index in [0.717, 1.165) is 11.1 Å². The molecule has 0 saturated heterocycles. The van der Waals surface area contributed by atoms with Gasteiger partial charge in [-0.1, -0.05) is 42.0 Å². The van der Waals surface area contributed by atoms with Crippen molar-refractivity contribution in [1.82, 2.24) is 4.90 Å². The van der Waals surface area contributed by atoms with Crippen molar-refractivity contribution in [3.8, 4) is 0 Å². The minimum absolute atomic E-state index is 0.172. The third-order valence-corrected chi connectivity index (χ3v) is 5.52. The van der Waals surface area contributed by atoms with Gasteiger partial charge in [-0.3, -0.25) is 19.3 Å². The van der Waals surface area contributed by atoms with Gasteiger partial charge < -0.3 is 10.6 Å². The highest BCUT2D eigenvalue weighted by Gasteiger charge is 2.38. The van der Waals surface area contributed by atoms with Gasteiger partial charge in [-0.15, -0.1) is 0 Å². The molecule has 0 aromatic heterocycles. The predicted molar refractivity (Wildman–Crippen MR) is 129 cm³/mol. The van der Waals surface area contributed by atoms with Gasteiger partial charge in [0.25, 0.3) is 11.8 Å². The molecule has 0 bridgehead atoms. The molecular formula is C27H24FN3O3. The normalized spacial score (nSPS) is 13.4. The van der Waals surface area contributed by atoms with E-state index in [1.165, 1.54) is 24.0 Å². The van der Waals surface area contributed by atoms with Crippen molar-refractivity contribution in [2.45, 2.75) is 20.3 Å². The number of carbonyl (C=O) groups excluding carboxylic acids is 3. The lowest BCUT2D eigenvalue weighted by molar-refractivity contribution is -0.136. The Bertz CT molecular complexity index is 1260. The van der Waals surface area contributed by atoms with E-state index in [4.69, 9.17) is 0 Å². The summed E-state index contributed by atoms with van der Waals surface area (Å²) in [7, 11) is 0. The smallest absolute Gasteiger partial charge is 0.278 e. The van der Waals surface area contributed by atoms with Gasteiger partial charge in [-0.25, -0.2) is 4.39 Å². The van der Waals surface area contributed by atoms with Crippen molar-refractivity contribution in [2.24, 2.45) is 0 Å². The summed E-state index contributed by atoms with van der Waals surface area (Å²) in [6.45, 7) is 3.55. The second kappa shape index (κ2) is 9.70. The maximum absolute atomic E-state index is 13.4. The van der Waals surface area contributed by atoms with Crippen molar-refractivity contribution in [1.29, 1.82) is 0 Å². The number of anilines is 2. The van der Waals surface area contributed by atoms with E-state index in [0.29, 0.717) is 28.9 Å². The molecule has 0 radical (unpaired) electrons. The number of halogens is 1. The summed E-state index contributed by atoms with van der Waals surface area (Å²) in [4.78, 5) is 39.1. The molecule has 3 amide bonds. The number of rotatable bonds is 7. The summed E-state index contributed by atoms with van der Waals surface area (Å²) in [6.07, 6.45) is 0.414. The number of hydrogen-bond donors (Lipinski definition) is 2. The van der Waals surface area contributed by atoms with Crippen LogP contribution in [-0.2, 0) is 20.8 Å². The van der Waals surface area contributed by atoms with Crippen LogP contribution < -0.4 is 10.6 Å². The summed E-state index contributed by atoms with van der Waals surface area (Å²) >= 11 is 0. The van der Waals surface area contributed by atoms with Crippen molar-refractivity contribution in [2.75, 3.05) is 17.2 Å². The fourth-order valence-electron chi connectivity index (χ4n) is 3.76. The standard InChI is InChI=1S/C27H24FN3O3/c1-17-3-7-20(8-4-17)24-25(30-23-13-11-22(12-14-23)29-18(2)32)27(34)31(26(24)33)16-15-19-5-9-21(28)10-6-19/h3-14,30H,15-16H2,1-2H3,(H,29,32). The van der Waals surface area contributed by atoms with Gasteiger partial charge >= 0.3 is 0 Å². The molecule has 172 valence electrons. The third kappa shape index (κ3) is 5.04. The van der Waals surface area contributed by atoms with Gasteiger partial charge in [0.1, 0.15) is 11.5 Å². The van der Waals surface area contributed by atoms with E-state index in [2.05, 4.69) is 10.6 Å². The molecule has 1 aliphatic heterocycles. The van der Waals surface area contributed by atoms with Crippen molar-refractivity contribution < 1.29 is 18.8 Å². The van der Waals surface area contributed by atoms with E-state index >= 15 is 0 Å². The average molecular weight is 458 g/mol. The molecule has 3 aromatic carbocycles. The fraction of sp³-hybridized carbons (Fsp3) is 0.148. The number of nitrogens with zero attached hydrogens (tertiary/aromatic N) is 1. The minimum atomic E-state index is -0.423. The molecule has 2 N–H and O–H groups in total. The summed E-state index contributed by atoms with van der Waals surface area (Å²) in [5.41, 5.74) is 4.24. The van der Waals surface area contributed by atoms with Gasteiger partial charge in [-0.05, 0) is 60.9 Å². The van der Waals surface area contributed by atoms with Crippen LogP contribution in [0.3, 0.4) is 0 Å². The summed E-state index contributed by atoms with van der Waals surface area (Å²) in [5.74, 6) is -1.32. The zero-order valence-corrected chi connectivity index (χ0v) is 18.9. The molecule has 6 nitrogen and oxygen atoms in total. The average Bonchev–Trinajstić information content (AvgIpc) is 3.04. The lowest BCUT2D eigenvalue weighted by atomic mass is 10.0. The van der Waals surface area contributed by atoms with Crippen LogP contribution >= 0.6 is 0 Å². The Morgan fingerprint density at radius 1 is 0.853 bits per heavy atom. The molecule has 3 aromatic rings. The number of benzene rings is 3. The van der Waals surface area contributed by atoms with Crippen LogP contribution in [0.4, 0.5) is 15.8 Å². The molecule has 4 rings (SSSR count). The number of imide groups is 1. The highest BCUT2D eigenvalue weighted by molar-refractivity contribution is 6.36. The van der Waals surface area contributed by atoms with Gasteiger partial charge in [0.2, 0.25) is 5.91 Å². The Hall–Kier alpha value is -4.26. The monoisotopic (exact) mass is 457 g/mol. The summed E-state index contributed by atoms with van der Waals surface area (Å²) in [5, 5.41) is 5.80. The number of hydrogen-bond acceptors (Lipinski definition) is 4. The lowest BCUT2D eigenvalue weighted by Crippen LogP contribution is -2.34. The Morgan fingerprint density at radius 3 is 2.09 bits per heavy atom. The molecule has 0 spiro atoms. The topological polar surface area (TPSA) is 78.5 Å². The Balaban J connectivity index is 1.62. The zero-order valence-electron chi connectivity index (χ0n) is 18.9. The summed E-state index contributed by atoms with van der Waals surface area (Å²) in [6, 6.07) is 20.3. The predicted octanol–water partition coefficient (Wildman–Crippen LogP) is 4.53. The first-order valence-electron chi connectivity index (χ1n) is 10.9. The molecule has 0 fully saturated rings. The van der Waals surface area contributed by atoms with Crippen LogP contribution in [0.15, 0.2) is 78.5 Å². The van der Waals surface area contributed by atoms with E-state index in [1.807, 2.05) is 31.2 Å². The number of nitrogens with one attached hydrogen (secondary N) is 2. The van der Waals surface area contributed by atoms with Gasteiger partial charge in [0.15, 0.2) is 0 Å². The van der Waals surface area contributed by atoms with E-state index in [9.17, 15) is 18.8 Å². The molecule has 0 atom stereocenters. The summed E-state index contributed by atoms with van der Waals surface area (Å²) < 4.78 is 13.2. The molecular weight excluding hydrogens is 433 g/mol. The maximum Gasteiger partial charge on any atom is 0.278 e. The number of amides is 3. The second-order valence-electron chi connectivity index (χ2n) is 8.14. The van der Waals surface area contributed by atoms with Gasteiger partial charge in [-0.2, -0.15) is 0 Å². The van der Waals surface area contributed by atoms with Crippen LogP contribution in [0.2, 0.25) is 0 Å².